The van der Waals surface area contributed by atoms with E-state index in [1.165, 1.54) is 18.4 Å². The summed E-state index contributed by atoms with van der Waals surface area (Å²) < 4.78 is 37.3. The SMILES string of the molecule is CS(=O)(=O)C1CCCC(C(O)c2cc(F)ccc2Br)C1. The van der Waals surface area contributed by atoms with Gasteiger partial charge in [-0.15, -0.1) is 0 Å². The van der Waals surface area contributed by atoms with Crippen molar-refractivity contribution < 1.29 is 17.9 Å². The van der Waals surface area contributed by atoms with Gasteiger partial charge in [0.25, 0.3) is 0 Å². The third kappa shape index (κ3) is 3.59. The molecular weight excluding hydrogens is 347 g/mol. The molecule has 0 amide bonds. The molecule has 3 unspecified atom stereocenters. The summed E-state index contributed by atoms with van der Waals surface area (Å²) in [4.78, 5) is 0. The minimum Gasteiger partial charge on any atom is -0.388 e. The maximum atomic E-state index is 13.3. The van der Waals surface area contributed by atoms with Gasteiger partial charge >= 0.3 is 0 Å². The maximum Gasteiger partial charge on any atom is 0.150 e. The summed E-state index contributed by atoms with van der Waals surface area (Å²) >= 11 is 3.31. The number of hydrogen-bond acceptors (Lipinski definition) is 3. The van der Waals surface area contributed by atoms with Crippen molar-refractivity contribution in [3.8, 4) is 0 Å². The van der Waals surface area contributed by atoms with Crippen molar-refractivity contribution in [3.63, 3.8) is 0 Å². The third-order valence-corrected chi connectivity index (χ3v) is 6.36. The maximum absolute atomic E-state index is 13.3. The van der Waals surface area contributed by atoms with Gasteiger partial charge in [-0.25, -0.2) is 12.8 Å². The summed E-state index contributed by atoms with van der Waals surface area (Å²) in [5, 5.41) is 10.0. The monoisotopic (exact) mass is 364 g/mol. The molecule has 0 bridgehead atoms. The molecule has 1 aliphatic carbocycles. The Balaban J connectivity index is 2.20. The van der Waals surface area contributed by atoms with Crippen molar-refractivity contribution in [2.24, 2.45) is 5.92 Å². The number of aliphatic hydroxyl groups excluding tert-OH is 1. The van der Waals surface area contributed by atoms with Gasteiger partial charge in [0.1, 0.15) is 15.7 Å². The van der Waals surface area contributed by atoms with Crippen LogP contribution in [0.4, 0.5) is 4.39 Å². The molecule has 0 aliphatic heterocycles. The van der Waals surface area contributed by atoms with Crippen molar-refractivity contribution in [1.29, 1.82) is 0 Å². The molecule has 0 aromatic heterocycles. The predicted octanol–water partition coefficient (Wildman–Crippen LogP) is 3.23. The standard InChI is InChI=1S/C14H18BrFO3S/c1-20(18,19)11-4-2-3-9(7-11)14(17)12-8-10(16)5-6-13(12)15/h5-6,8-9,11,14,17H,2-4,7H2,1H3. The van der Waals surface area contributed by atoms with E-state index < -0.39 is 27.0 Å². The first kappa shape index (κ1) is 15.9. The summed E-state index contributed by atoms with van der Waals surface area (Å²) in [5.74, 6) is -0.556. The Bertz CT molecular complexity index is 588. The smallest absolute Gasteiger partial charge is 0.150 e. The zero-order valence-corrected chi connectivity index (χ0v) is 13.6. The van der Waals surface area contributed by atoms with Crippen LogP contribution in [-0.4, -0.2) is 25.0 Å². The second kappa shape index (κ2) is 6.12. The highest BCUT2D eigenvalue weighted by Gasteiger charge is 2.33. The fraction of sp³-hybridized carbons (Fsp3) is 0.571. The Hall–Kier alpha value is -0.460. The van der Waals surface area contributed by atoms with Crippen molar-refractivity contribution in [2.75, 3.05) is 6.26 Å². The van der Waals surface area contributed by atoms with Crippen molar-refractivity contribution in [2.45, 2.75) is 37.0 Å². The van der Waals surface area contributed by atoms with Crippen LogP contribution in [0.3, 0.4) is 0 Å². The molecular formula is C14H18BrFO3S. The average molecular weight is 365 g/mol. The third-order valence-electron chi connectivity index (χ3n) is 4.00. The molecule has 3 nitrogen and oxygen atoms in total. The molecule has 1 aromatic rings. The summed E-state index contributed by atoms with van der Waals surface area (Å²) in [5.41, 5.74) is 0.490. The zero-order chi connectivity index (χ0) is 14.9. The normalized spacial score (nSPS) is 25.4. The van der Waals surface area contributed by atoms with E-state index in [9.17, 15) is 17.9 Å². The van der Waals surface area contributed by atoms with Gasteiger partial charge in [-0.3, -0.25) is 0 Å². The first-order valence-electron chi connectivity index (χ1n) is 6.61. The number of halogens is 2. The van der Waals surface area contributed by atoms with Gasteiger partial charge in [0.05, 0.1) is 11.4 Å². The molecule has 0 radical (unpaired) electrons. The van der Waals surface area contributed by atoms with E-state index in [1.54, 1.807) is 6.07 Å². The highest BCUT2D eigenvalue weighted by molar-refractivity contribution is 9.10. The minimum atomic E-state index is -3.09. The van der Waals surface area contributed by atoms with Gasteiger partial charge in [0, 0.05) is 10.7 Å². The highest BCUT2D eigenvalue weighted by Crippen LogP contribution is 2.39. The molecule has 20 heavy (non-hydrogen) atoms. The fourth-order valence-corrected chi connectivity index (χ4v) is 4.52. The molecule has 6 heteroatoms. The topological polar surface area (TPSA) is 54.4 Å². The molecule has 3 atom stereocenters. The molecule has 1 aromatic carbocycles. The summed E-state index contributed by atoms with van der Waals surface area (Å²) in [6.45, 7) is 0. The Labute approximate surface area is 127 Å². The van der Waals surface area contributed by atoms with Crippen LogP contribution >= 0.6 is 15.9 Å². The number of aliphatic hydroxyl groups is 1. The molecule has 1 fully saturated rings. The van der Waals surface area contributed by atoms with E-state index in [-0.39, 0.29) is 5.92 Å². The van der Waals surface area contributed by atoms with Gasteiger partial charge in [-0.1, -0.05) is 22.4 Å². The van der Waals surface area contributed by atoms with Crippen molar-refractivity contribution in [3.05, 3.63) is 34.1 Å². The fourth-order valence-electron chi connectivity index (χ4n) is 2.85. The van der Waals surface area contributed by atoms with Gasteiger partial charge in [0.15, 0.2) is 0 Å². The largest absolute Gasteiger partial charge is 0.388 e. The van der Waals surface area contributed by atoms with Crippen LogP contribution in [0.1, 0.15) is 37.4 Å². The Morgan fingerprint density at radius 1 is 1.40 bits per heavy atom. The Kier molecular flexibility index (Phi) is 4.87. The van der Waals surface area contributed by atoms with Gasteiger partial charge in [0.2, 0.25) is 0 Å². The highest BCUT2D eigenvalue weighted by atomic mass is 79.9. The number of sulfone groups is 1. The average Bonchev–Trinajstić information content (AvgIpc) is 2.40. The summed E-state index contributed by atoms with van der Waals surface area (Å²) in [6, 6.07) is 4.18. The van der Waals surface area contributed by atoms with Crippen LogP contribution in [0, 0.1) is 11.7 Å². The molecule has 1 saturated carbocycles. The number of rotatable bonds is 3. The van der Waals surface area contributed by atoms with Crippen LogP contribution in [0.25, 0.3) is 0 Å². The summed E-state index contributed by atoms with van der Waals surface area (Å²) in [6.07, 6.45) is 3.01. The van der Waals surface area contributed by atoms with Gasteiger partial charge < -0.3 is 5.11 Å². The van der Waals surface area contributed by atoms with E-state index >= 15 is 0 Å². The zero-order valence-electron chi connectivity index (χ0n) is 11.2. The first-order valence-corrected chi connectivity index (χ1v) is 9.35. The second-order valence-electron chi connectivity index (χ2n) is 5.49. The molecule has 1 N–H and O–H groups in total. The van der Waals surface area contributed by atoms with Crippen LogP contribution < -0.4 is 0 Å². The Morgan fingerprint density at radius 3 is 2.75 bits per heavy atom. The van der Waals surface area contributed by atoms with Gasteiger partial charge in [-0.2, -0.15) is 0 Å². The molecule has 0 spiro atoms. The van der Waals surface area contributed by atoms with Crippen LogP contribution in [0.5, 0.6) is 0 Å². The van der Waals surface area contributed by atoms with Crippen LogP contribution in [-0.2, 0) is 9.84 Å². The van der Waals surface area contributed by atoms with E-state index in [1.807, 2.05) is 0 Å². The predicted molar refractivity (Wildman–Crippen MR) is 79.6 cm³/mol. The van der Waals surface area contributed by atoms with Crippen molar-refractivity contribution in [1.82, 2.24) is 0 Å². The quantitative estimate of drug-likeness (QED) is 0.895. The Morgan fingerprint density at radius 2 is 2.10 bits per heavy atom. The van der Waals surface area contributed by atoms with Crippen LogP contribution in [0.2, 0.25) is 0 Å². The first-order chi connectivity index (χ1) is 9.29. The number of benzene rings is 1. The lowest BCUT2D eigenvalue weighted by molar-refractivity contribution is 0.0848. The lowest BCUT2D eigenvalue weighted by Gasteiger charge is -2.31. The van der Waals surface area contributed by atoms with Gasteiger partial charge in [-0.05, 0) is 48.9 Å². The lowest BCUT2D eigenvalue weighted by atomic mass is 9.82. The van der Waals surface area contributed by atoms with E-state index in [4.69, 9.17) is 0 Å². The van der Waals surface area contributed by atoms with Crippen molar-refractivity contribution >= 4 is 25.8 Å². The molecule has 0 saturated heterocycles. The summed E-state index contributed by atoms with van der Waals surface area (Å²) in [7, 11) is -3.09. The number of hydrogen-bond donors (Lipinski definition) is 1. The molecule has 2 rings (SSSR count). The van der Waals surface area contributed by atoms with Crippen LogP contribution in [0.15, 0.2) is 22.7 Å². The van der Waals surface area contributed by atoms with E-state index in [0.717, 1.165) is 12.8 Å². The van der Waals surface area contributed by atoms with E-state index in [0.29, 0.717) is 22.9 Å². The molecule has 112 valence electrons. The van der Waals surface area contributed by atoms with E-state index in [2.05, 4.69) is 15.9 Å². The molecule has 0 heterocycles. The molecule has 1 aliphatic rings. The minimum absolute atomic E-state index is 0.151. The second-order valence-corrected chi connectivity index (χ2v) is 8.67. The lowest BCUT2D eigenvalue weighted by Crippen LogP contribution is -2.30.